The Bertz CT molecular complexity index is 612. The molecule has 0 aliphatic heterocycles. The van der Waals surface area contributed by atoms with E-state index in [1.165, 1.54) is 0 Å². The van der Waals surface area contributed by atoms with Gasteiger partial charge in [-0.1, -0.05) is 12.1 Å². The maximum atomic E-state index is 11.6. The largest absolute Gasteiger partial charge is 0.457 e. The zero-order valence-corrected chi connectivity index (χ0v) is 12.5. The Morgan fingerprint density at radius 3 is 2.59 bits per heavy atom. The second kappa shape index (κ2) is 8.05. The molecule has 3 N–H and O–H groups in total. The lowest BCUT2D eigenvalue weighted by molar-refractivity contribution is 0.249. The highest BCUT2D eigenvalue weighted by molar-refractivity contribution is 5.89. The standard InChI is InChI=1S/C17H20N2O3/c1-13-4-2-5-16(12-13)22-15-8-6-14(7-9-15)19-17(21)18-10-3-11-20/h2,4-9,12,20H,3,10-11H2,1H3,(H2,18,19,21). The molecule has 0 radical (unpaired) electrons. The minimum atomic E-state index is -0.291. The zero-order chi connectivity index (χ0) is 15.8. The number of nitrogens with one attached hydrogen (secondary N) is 2. The molecule has 0 fully saturated rings. The minimum absolute atomic E-state index is 0.0608. The third-order valence-corrected chi connectivity index (χ3v) is 2.96. The molecule has 0 saturated carbocycles. The first-order valence-electron chi connectivity index (χ1n) is 7.17. The van der Waals surface area contributed by atoms with Crippen molar-refractivity contribution in [3.63, 3.8) is 0 Å². The van der Waals surface area contributed by atoms with Crippen molar-refractivity contribution in [3.8, 4) is 11.5 Å². The summed E-state index contributed by atoms with van der Waals surface area (Å²) in [6, 6.07) is 14.7. The lowest BCUT2D eigenvalue weighted by Gasteiger charge is -2.09. The fraction of sp³-hybridized carbons (Fsp3) is 0.235. The van der Waals surface area contributed by atoms with E-state index in [1.807, 2.05) is 31.2 Å². The summed E-state index contributed by atoms with van der Waals surface area (Å²) in [7, 11) is 0. The van der Waals surface area contributed by atoms with E-state index in [2.05, 4.69) is 10.6 Å². The van der Waals surface area contributed by atoms with E-state index in [0.29, 0.717) is 24.4 Å². The van der Waals surface area contributed by atoms with E-state index < -0.39 is 0 Å². The van der Waals surface area contributed by atoms with Crippen LogP contribution >= 0.6 is 0 Å². The Labute approximate surface area is 129 Å². The molecule has 116 valence electrons. The summed E-state index contributed by atoms with van der Waals surface area (Å²) in [6.45, 7) is 2.51. The van der Waals surface area contributed by atoms with Crippen LogP contribution in [0.1, 0.15) is 12.0 Å². The van der Waals surface area contributed by atoms with Gasteiger partial charge in [0.1, 0.15) is 11.5 Å². The molecule has 0 heterocycles. The van der Waals surface area contributed by atoms with Crippen molar-refractivity contribution >= 4 is 11.7 Å². The van der Waals surface area contributed by atoms with Gasteiger partial charge in [-0.2, -0.15) is 0 Å². The lowest BCUT2D eigenvalue weighted by Crippen LogP contribution is -2.29. The fourth-order valence-corrected chi connectivity index (χ4v) is 1.88. The van der Waals surface area contributed by atoms with Crippen LogP contribution in [0.4, 0.5) is 10.5 Å². The van der Waals surface area contributed by atoms with Gasteiger partial charge in [0, 0.05) is 18.8 Å². The third-order valence-electron chi connectivity index (χ3n) is 2.96. The van der Waals surface area contributed by atoms with Crippen molar-refractivity contribution in [2.45, 2.75) is 13.3 Å². The Balaban J connectivity index is 1.88. The number of aliphatic hydroxyl groups excluding tert-OH is 1. The van der Waals surface area contributed by atoms with Gasteiger partial charge in [0.2, 0.25) is 0 Å². The number of carbonyl (C=O) groups excluding carboxylic acids is 1. The molecule has 5 nitrogen and oxygen atoms in total. The van der Waals surface area contributed by atoms with Gasteiger partial charge in [-0.3, -0.25) is 0 Å². The van der Waals surface area contributed by atoms with Crippen LogP contribution in [0, 0.1) is 6.92 Å². The molecule has 0 spiro atoms. The van der Waals surface area contributed by atoms with Crippen molar-refractivity contribution in [1.29, 1.82) is 0 Å². The van der Waals surface area contributed by atoms with E-state index in [-0.39, 0.29) is 12.6 Å². The first-order chi connectivity index (χ1) is 10.7. The number of anilines is 1. The molecule has 5 heteroatoms. The van der Waals surface area contributed by atoms with Crippen LogP contribution in [0.15, 0.2) is 48.5 Å². The summed E-state index contributed by atoms with van der Waals surface area (Å²) in [6.07, 6.45) is 0.538. The van der Waals surface area contributed by atoms with Gasteiger partial charge in [0.05, 0.1) is 0 Å². The van der Waals surface area contributed by atoms with Crippen molar-refractivity contribution in [1.82, 2.24) is 5.32 Å². The van der Waals surface area contributed by atoms with Gasteiger partial charge in [0.15, 0.2) is 0 Å². The number of amides is 2. The molecule has 22 heavy (non-hydrogen) atoms. The molecule has 2 aromatic rings. The van der Waals surface area contributed by atoms with Crippen molar-refractivity contribution in [2.24, 2.45) is 0 Å². The highest BCUT2D eigenvalue weighted by atomic mass is 16.5. The Morgan fingerprint density at radius 1 is 1.14 bits per heavy atom. The van der Waals surface area contributed by atoms with E-state index in [1.54, 1.807) is 24.3 Å². The summed E-state index contributed by atoms with van der Waals surface area (Å²) < 4.78 is 5.74. The third kappa shape index (κ3) is 5.10. The monoisotopic (exact) mass is 300 g/mol. The maximum Gasteiger partial charge on any atom is 0.319 e. The Morgan fingerprint density at radius 2 is 1.91 bits per heavy atom. The van der Waals surface area contributed by atoms with E-state index in [4.69, 9.17) is 9.84 Å². The number of benzene rings is 2. The number of aryl methyl sites for hydroxylation is 1. The maximum absolute atomic E-state index is 11.6. The average molecular weight is 300 g/mol. The van der Waals surface area contributed by atoms with Crippen molar-refractivity contribution in [2.75, 3.05) is 18.5 Å². The fourth-order valence-electron chi connectivity index (χ4n) is 1.88. The van der Waals surface area contributed by atoms with Gasteiger partial charge in [0.25, 0.3) is 0 Å². The summed E-state index contributed by atoms with van der Waals surface area (Å²) in [5, 5.41) is 14.0. The number of ether oxygens (including phenoxy) is 1. The second-order valence-electron chi connectivity index (χ2n) is 4.90. The summed E-state index contributed by atoms with van der Waals surface area (Å²) >= 11 is 0. The molecule has 0 bridgehead atoms. The Hall–Kier alpha value is -2.53. The van der Waals surface area contributed by atoms with Gasteiger partial charge >= 0.3 is 6.03 Å². The molecule has 2 amide bonds. The number of rotatable bonds is 6. The molecule has 0 aliphatic carbocycles. The van der Waals surface area contributed by atoms with Crippen molar-refractivity contribution in [3.05, 3.63) is 54.1 Å². The molecule has 2 aromatic carbocycles. The number of hydrogen-bond acceptors (Lipinski definition) is 3. The van der Waals surface area contributed by atoms with E-state index >= 15 is 0 Å². The van der Waals surface area contributed by atoms with Gasteiger partial charge in [-0.15, -0.1) is 0 Å². The average Bonchev–Trinajstić information content (AvgIpc) is 2.50. The van der Waals surface area contributed by atoms with E-state index in [9.17, 15) is 4.79 Å². The molecule has 0 unspecified atom stereocenters. The van der Waals surface area contributed by atoms with Crippen LogP contribution in [0.2, 0.25) is 0 Å². The molecular weight excluding hydrogens is 280 g/mol. The summed E-state index contributed by atoms with van der Waals surface area (Å²) in [5.74, 6) is 1.49. The Kier molecular flexibility index (Phi) is 5.80. The van der Waals surface area contributed by atoms with Crippen LogP contribution in [-0.2, 0) is 0 Å². The van der Waals surface area contributed by atoms with Gasteiger partial charge in [-0.05, 0) is 55.3 Å². The molecule has 0 saturated heterocycles. The predicted octanol–water partition coefficient (Wildman–Crippen LogP) is 3.29. The zero-order valence-electron chi connectivity index (χ0n) is 12.5. The molecule has 2 rings (SSSR count). The van der Waals surface area contributed by atoms with E-state index in [0.717, 1.165) is 11.3 Å². The predicted molar refractivity (Wildman–Crippen MR) is 86.4 cm³/mol. The SMILES string of the molecule is Cc1cccc(Oc2ccc(NC(=O)NCCCO)cc2)c1. The molecular formula is C17H20N2O3. The van der Waals surface area contributed by atoms with Crippen LogP contribution in [0.3, 0.4) is 0 Å². The molecule has 0 atom stereocenters. The highest BCUT2D eigenvalue weighted by Crippen LogP contribution is 2.23. The molecule has 0 aromatic heterocycles. The summed E-state index contributed by atoms with van der Waals surface area (Å²) in [4.78, 5) is 11.6. The number of urea groups is 1. The number of hydrogen-bond donors (Lipinski definition) is 3. The topological polar surface area (TPSA) is 70.6 Å². The summed E-state index contributed by atoms with van der Waals surface area (Å²) in [5.41, 5.74) is 1.81. The van der Waals surface area contributed by atoms with Crippen LogP contribution in [0.25, 0.3) is 0 Å². The quantitative estimate of drug-likeness (QED) is 0.717. The smallest absolute Gasteiger partial charge is 0.319 e. The lowest BCUT2D eigenvalue weighted by atomic mass is 10.2. The first kappa shape index (κ1) is 15.9. The normalized spacial score (nSPS) is 10.1. The van der Waals surface area contributed by atoms with Gasteiger partial charge < -0.3 is 20.5 Å². The minimum Gasteiger partial charge on any atom is -0.457 e. The van der Waals surface area contributed by atoms with Crippen LogP contribution < -0.4 is 15.4 Å². The van der Waals surface area contributed by atoms with Gasteiger partial charge in [-0.25, -0.2) is 4.79 Å². The molecule has 0 aliphatic rings. The second-order valence-corrected chi connectivity index (χ2v) is 4.90. The van der Waals surface area contributed by atoms with Crippen LogP contribution in [-0.4, -0.2) is 24.3 Å². The number of carbonyl (C=O) groups is 1. The number of aliphatic hydroxyl groups is 1. The highest BCUT2D eigenvalue weighted by Gasteiger charge is 2.02. The van der Waals surface area contributed by atoms with Crippen molar-refractivity contribution < 1.29 is 14.6 Å². The van der Waals surface area contributed by atoms with Crippen LogP contribution in [0.5, 0.6) is 11.5 Å². The first-order valence-corrected chi connectivity index (χ1v) is 7.17.